The van der Waals surface area contributed by atoms with Crippen LogP contribution in [0.2, 0.25) is 0 Å². The number of hydrogen-bond acceptors (Lipinski definition) is 5. The van der Waals surface area contributed by atoms with Gasteiger partial charge in [0.05, 0.1) is 11.1 Å². The van der Waals surface area contributed by atoms with E-state index in [0.29, 0.717) is 22.6 Å². The highest BCUT2D eigenvalue weighted by molar-refractivity contribution is 5.80. The molecule has 4 N–H and O–H groups in total. The number of furan rings is 1. The summed E-state index contributed by atoms with van der Waals surface area (Å²) in [5.74, 6) is 0.759. The van der Waals surface area contributed by atoms with E-state index in [0.717, 1.165) is 0 Å². The van der Waals surface area contributed by atoms with Crippen molar-refractivity contribution in [1.29, 1.82) is 0 Å². The predicted molar refractivity (Wildman–Crippen MR) is 78.9 cm³/mol. The van der Waals surface area contributed by atoms with E-state index in [1.54, 1.807) is 31.2 Å². The molecular weight excluding hydrogens is 274 g/mol. The van der Waals surface area contributed by atoms with E-state index in [1.807, 2.05) is 0 Å². The van der Waals surface area contributed by atoms with Crippen molar-refractivity contribution in [2.24, 2.45) is 21.7 Å². The van der Waals surface area contributed by atoms with Gasteiger partial charge < -0.3 is 15.9 Å². The summed E-state index contributed by atoms with van der Waals surface area (Å²) >= 11 is 0. The maximum atomic E-state index is 10.9. The SMILES string of the molecule is Cc1ccc(-c2ccc(/C=N\N=C(N)N)o2)cc1[N+](=O)[O-]. The number of guanidine groups is 1. The lowest BCUT2D eigenvalue weighted by Gasteiger charge is -2.00. The molecule has 1 aromatic heterocycles. The number of rotatable bonds is 4. The second-order valence-electron chi connectivity index (χ2n) is 4.23. The summed E-state index contributed by atoms with van der Waals surface area (Å²) in [4.78, 5) is 10.5. The van der Waals surface area contributed by atoms with Crippen LogP contribution in [-0.4, -0.2) is 17.1 Å². The summed E-state index contributed by atoms with van der Waals surface area (Å²) in [5, 5.41) is 18.0. The van der Waals surface area contributed by atoms with Gasteiger partial charge in [-0.3, -0.25) is 10.1 Å². The lowest BCUT2D eigenvalue weighted by molar-refractivity contribution is -0.385. The van der Waals surface area contributed by atoms with Gasteiger partial charge in [0.2, 0.25) is 5.96 Å². The fraction of sp³-hybridized carbons (Fsp3) is 0.0769. The summed E-state index contributed by atoms with van der Waals surface area (Å²) in [6, 6.07) is 8.23. The molecule has 21 heavy (non-hydrogen) atoms. The molecule has 0 bridgehead atoms. The maximum Gasteiger partial charge on any atom is 0.273 e. The number of nitrogens with two attached hydrogens (primary N) is 2. The number of aryl methyl sites for hydroxylation is 1. The second-order valence-corrected chi connectivity index (χ2v) is 4.23. The minimum Gasteiger partial charge on any atom is -0.455 e. The summed E-state index contributed by atoms with van der Waals surface area (Å²) in [6.45, 7) is 1.68. The number of hydrogen-bond donors (Lipinski definition) is 2. The van der Waals surface area contributed by atoms with E-state index < -0.39 is 4.92 Å². The largest absolute Gasteiger partial charge is 0.455 e. The van der Waals surface area contributed by atoms with E-state index in [1.165, 1.54) is 12.3 Å². The van der Waals surface area contributed by atoms with E-state index in [9.17, 15) is 10.1 Å². The number of nitro benzene ring substituents is 1. The molecule has 0 aliphatic heterocycles. The van der Waals surface area contributed by atoms with Gasteiger partial charge in [-0.25, -0.2) is 0 Å². The zero-order valence-electron chi connectivity index (χ0n) is 11.2. The molecule has 2 aromatic rings. The Bertz CT molecular complexity index is 729. The molecule has 1 heterocycles. The fourth-order valence-corrected chi connectivity index (χ4v) is 1.69. The zero-order valence-corrected chi connectivity index (χ0v) is 11.2. The van der Waals surface area contributed by atoms with Gasteiger partial charge in [-0.05, 0) is 19.1 Å². The summed E-state index contributed by atoms with van der Waals surface area (Å²) < 4.78 is 5.50. The Morgan fingerprint density at radius 2 is 2.10 bits per heavy atom. The van der Waals surface area contributed by atoms with E-state index in [4.69, 9.17) is 15.9 Å². The van der Waals surface area contributed by atoms with Crippen LogP contribution in [0.25, 0.3) is 11.3 Å². The first-order valence-electron chi connectivity index (χ1n) is 5.94. The van der Waals surface area contributed by atoms with Gasteiger partial charge in [-0.1, -0.05) is 12.1 Å². The molecule has 108 valence electrons. The maximum absolute atomic E-state index is 10.9. The van der Waals surface area contributed by atoms with Crippen molar-refractivity contribution in [3.63, 3.8) is 0 Å². The lowest BCUT2D eigenvalue weighted by Crippen LogP contribution is -2.21. The number of nitrogens with zero attached hydrogens (tertiary/aromatic N) is 3. The van der Waals surface area contributed by atoms with Crippen molar-refractivity contribution < 1.29 is 9.34 Å². The Kier molecular flexibility index (Phi) is 3.98. The van der Waals surface area contributed by atoms with Gasteiger partial charge in [0.15, 0.2) is 0 Å². The molecule has 0 amide bonds. The third kappa shape index (κ3) is 3.44. The molecule has 0 unspecified atom stereocenters. The van der Waals surface area contributed by atoms with Crippen LogP contribution in [0.4, 0.5) is 5.69 Å². The minimum atomic E-state index is -0.428. The van der Waals surface area contributed by atoms with Crippen LogP contribution < -0.4 is 11.5 Å². The Morgan fingerprint density at radius 1 is 1.33 bits per heavy atom. The molecule has 0 radical (unpaired) electrons. The summed E-state index contributed by atoms with van der Waals surface area (Å²) in [5.41, 5.74) is 11.5. The predicted octanol–water partition coefficient (Wildman–Crippen LogP) is 1.77. The quantitative estimate of drug-likeness (QED) is 0.382. The highest BCUT2D eigenvalue weighted by atomic mass is 16.6. The van der Waals surface area contributed by atoms with Gasteiger partial charge in [-0.15, -0.1) is 5.10 Å². The molecular formula is C13H13N5O3. The lowest BCUT2D eigenvalue weighted by atomic mass is 10.1. The molecule has 0 aliphatic rings. The van der Waals surface area contributed by atoms with E-state index in [2.05, 4.69) is 10.2 Å². The Hall–Kier alpha value is -3.16. The molecule has 0 fully saturated rings. The van der Waals surface area contributed by atoms with Crippen LogP contribution >= 0.6 is 0 Å². The average Bonchev–Trinajstić information content (AvgIpc) is 2.87. The van der Waals surface area contributed by atoms with Gasteiger partial charge in [0, 0.05) is 17.2 Å². The van der Waals surface area contributed by atoms with Crippen LogP contribution in [0.15, 0.2) is 45.0 Å². The highest BCUT2D eigenvalue weighted by Crippen LogP contribution is 2.27. The molecule has 1 aromatic carbocycles. The Morgan fingerprint density at radius 3 is 2.76 bits per heavy atom. The topological polar surface area (TPSA) is 133 Å². The molecule has 0 aliphatic carbocycles. The van der Waals surface area contributed by atoms with Crippen LogP contribution in [0.5, 0.6) is 0 Å². The first kappa shape index (κ1) is 14.3. The normalized spacial score (nSPS) is 10.7. The van der Waals surface area contributed by atoms with Gasteiger partial charge in [0.1, 0.15) is 11.5 Å². The van der Waals surface area contributed by atoms with Gasteiger partial charge >= 0.3 is 0 Å². The standard InChI is InChI=1S/C13H13N5O3/c1-8-2-3-9(6-11(8)18(19)20)12-5-4-10(21-12)7-16-17-13(14)15/h2-7H,1H3,(H4,14,15,17)/b16-7-. The van der Waals surface area contributed by atoms with Gasteiger partial charge in [-0.2, -0.15) is 5.10 Å². The Balaban J connectivity index is 2.30. The molecule has 0 spiro atoms. The van der Waals surface area contributed by atoms with E-state index in [-0.39, 0.29) is 11.6 Å². The summed E-state index contributed by atoms with van der Waals surface area (Å²) in [7, 11) is 0. The van der Waals surface area contributed by atoms with Crippen LogP contribution in [0.3, 0.4) is 0 Å². The molecule has 0 saturated carbocycles. The first-order valence-corrected chi connectivity index (χ1v) is 5.94. The average molecular weight is 287 g/mol. The van der Waals surface area contributed by atoms with Crippen LogP contribution in [-0.2, 0) is 0 Å². The second kappa shape index (κ2) is 5.87. The van der Waals surface area contributed by atoms with Crippen molar-refractivity contribution in [3.05, 3.63) is 51.8 Å². The molecule has 0 saturated heterocycles. The fourth-order valence-electron chi connectivity index (χ4n) is 1.69. The molecule has 2 rings (SSSR count). The third-order valence-corrected chi connectivity index (χ3v) is 2.68. The van der Waals surface area contributed by atoms with E-state index >= 15 is 0 Å². The van der Waals surface area contributed by atoms with Crippen LogP contribution in [0, 0.1) is 17.0 Å². The van der Waals surface area contributed by atoms with Crippen molar-refractivity contribution >= 4 is 17.9 Å². The van der Waals surface area contributed by atoms with Crippen molar-refractivity contribution in [3.8, 4) is 11.3 Å². The van der Waals surface area contributed by atoms with Gasteiger partial charge in [0.25, 0.3) is 5.69 Å². The molecule has 0 atom stereocenters. The molecule has 8 heteroatoms. The van der Waals surface area contributed by atoms with Crippen molar-refractivity contribution in [1.82, 2.24) is 0 Å². The van der Waals surface area contributed by atoms with Crippen LogP contribution in [0.1, 0.15) is 11.3 Å². The number of nitro groups is 1. The summed E-state index contributed by atoms with van der Waals surface area (Å²) in [6.07, 6.45) is 1.34. The Labute approximate surface area is 119 Å². The first-order chi connectivity index (χ1) is 9.97. The zero-order chi connectivity index (χ0) is 15.4. The van der Waals surface area contributed by atoms with Crippen molar-refractivity contribution in [2.75, 3.05) is 0 Å². The smallest absolute Gasteiger partial charge is 0.273 e. The molecule has 8 nitrogen and oxygen atoms in total. The monoisotopic (exact) mass is 287 g/mol. The third-order valence-electron chi connectivity index (χ3n) is 2.68. The minimum absolute atomic E-state index is 0.0413. The van der Waals surface area contributed by atoms with Crippen molar-refractivity contribution in [2.45, 2.75) is 6.92 Å². The highest BCUT2D eigenvalue weighted by Gasteiger charge is 2.13. The number of benzene rings is 1.